The molecule has 2 nitrogen and oxygen atoms in total. The van der Waals surface area contributed by atoms with Gasteiger partial charge < -0.3 is 9.47 Å². The second kappa shape index (κ2) is 9.24. The lowest BCUT2D eigenvalue weighted by Crippen LogP contribution is -2.06. The minimum atomic E-state index is 0.147. The fourth-order valence-corrected chi connectivity index (χ4v) is 2.46. The molecule has 2 rings (SSSR count). The zero-order chi connectivity index (χ0) is 16.5. The molecule has 1 radical (unpaired) electrons. The van der Waals surface area contributed by atoms with Crippen molar-refractivity contribution in [2.75, 3.05) is 6.61 Å². The minimum Gasteiger partial charge on any atom is -0.494 e. The maximum atomic E-state index is 5.90. The number of ether oxygens (including phenoxy) is 2. The van der Waals surface area contributed by atoms with Crippen molar-refractivity contribution in [1.82, 2.24) is 0 Å². The third-order valence-corrected chi connectivity index (χ3v) is 3.58. The lowest BCUT2D eigenvalue weighted by Gasteiger charge is -2.15. The summed E-state index contributed by atoms with van der Waals surface area (Å²) in [5.41, 5.74) is 2.06. The van der Waals surface area contributed by atoms with Crippen LogP contribution in [0.4, 0.5) is 0 Å². The van der Waals surface area contributed by atoms with Crippen molar-refractivity contribution in [3.8, 4) is 22.6 Å². The Bertz CT molecular complexity index is 590. The predicted molar refractivity (Wildman–Crippen MR) is 96.1 cm³/mol. The summed E-state index contributed by atoms with van der Waals surface area (Å²) in [7, 11) is 0. The van der Waals surface area contributed by atoms with E-state index in [2.05, 4.69) is 19.1 Å². The Hall–Kier alpha value is -1.96. The Kier molecular flexibility index (Phi) is 6.99. The Morgan fingerprint density at radius 3 is 2.65 bits per heavy atom. The van der Waals surface area contributed by atoms with Crippen molar-refractivity contribution in [3.05, 3.63) is 48.5 Å². The lowest BCUT2D eigenvalue weighted by molar-refractivity contribution is 0.243. The second-order valence-electron chi connectivity index (χ2n) is 6.01. The molecule has 23 heavy (non-hydrogen) atoms. The monoisotopic (exact) mass is 311 g/mol. The van der Waals surface area contributed by atoms with Gasteiger partial charge in [-0.25, -0.2) is 0 Å². The molecule has 0 saturated carbocycles. The van der Waals surface area contributed by atoms with E-state index >= 15 is 0 Å². The van der Waals surface area contributed by atoms with Gasteiger partial charge >= 0.3 is 0 Å². The molecule has 2 aromatic carbocycles. The topological polar surface area (TPSA) is 18.5 Å². The second-order valence-corrected chi connectivity index (χ2v) is 6.01. The van der Waals surface area contributed by atoms with Crippen LogP contribution in [0.3, 0.4) is 0 Å². The molecule has 0 aliphatic carbocycles. The van der Waals surface area contributed by atoms with Gasteiger partial charge in [-0.05, 0) is 50.1 Å². The molecule has 0 bridgehead atoms. The van der Waals surface area contributed by atoms with Crippen molar-refractivity contribution in [2.24, 2.45) is 0 Å². The molecule has 0 aliphatic rings. The van der Waals surface area contributed by atoms with E-state index in [-0.39, 0.29) is 6.10 Å². The number of unbranched alkanes of at least 4 members (excludes halogenated alkanes) is 3. The molecular formula is C21H27O2. The first-order valence-electron chi connectivity index (χ1n) is 8.61. The molecule has 0 aromatic heterocycles. The maximum Gasteiger partial charge on any atom is 0.127 e. The van der Waals surface area contributed by atoms with E-state index in [1.54, 1.807) is 0 Å². The number of hydrogen-bond donors (Lipinski definition) is 0. The zero-order valence-electron chi connectivity index (χ0n) is 14.5. The molecule has 0 atom stereocenters. The number of hydrogen-bond acceptors (Lipinski definition) is 2. The standard InChI is InChI=1S/C21H27O2/c1-4-5-6-9-15-22-19-12-10-11-18(16-19)20-13-7-8-14-21(20)23-17(2)3/h7-8,10,12-14,16-17H,4-6,9,15H2,1-3H3. The van der Waals surface area contributed by atoms with Crippen LogP contribution in [0.2, 0.25) is 0 Å². The molecular weight excluding hydrogens is 284 g/mol. The fraction of sp³-hybridized carbons (Fsp3) is 0.429. The van der Waals surface area contributed by atoms with Gasteiger partial charge in [-0.1, -0.05) is 50.5 Å². The minimum absolute atomic E-state index is 0.147. The average molecular weight is 311 g/mol. The fourth-order valence-electron chi connectivity index (χ4n) is 2.46. The molecule has 0 amide bonds. The molecule has 0 fully saturated rings. The first kappa shape index (κ1) is 17.4. The summed E-state index contributed by atoms with van der Waals surface area (Å²) in [6.45, 7) is 7.07. The van der Waals surface area contributed by atoms with Crippen LogP contribution in [0, 0.1) is 6.07 Å². The molecule has 0 saturated heterocycles. The van der Waals surface area contributed by atoms with Crippen molar-refractivity contribution in [1.29, 1.82) is 0 Å². The number of para-hydroxylation sites is 1. The van der Waals surface area contributed by atoms with Crippen molar-refractivity contribution in [2.45, 2.75) is 52.6 Å². The number of rotatable bonds is 9. The van der Waals surface area contributed by atoms with Crippen LogP contribution in [0.25, 0.3) is 11.1 Å². The highest BCUT2D eigenvalue weighted by Crippen LogP contribution is 2.32. The Labute approximate surface area is 140 Å². The zero-order valence-corrected chi connectivity index (χ0v) is 14.5. The summed E-state index contributed by atoms with van der Waals surface area (Å²) in [4.78, 5) is 0. The largest absolute Gasteiger partial charge is 0.494 e. The predicted octanol–water partition coefficient (Wildman–Crippen LogP) is 5.90. The Morgan fingerprint density at radius 2 is 1.87 bits per heavy atom. The highest BCUT2D eigenvalue weighted by atomic mass is 16.5. The summed E-state index contributed by atoms with van der Waals surface area (Å²) in [5.74, 6) is 1.79. The molecule has 2 aromatic rings. The molecule has 0 heterocycles. The van der Waals surface area contributed by atoms with Gasteiger partial charge in [0.2, 0.25) is 0 Å². The highest BCUT2D eigenvalue weighted by Gasteiger charge is 2.08. The molecule has 123 valence electrons. The SMILES string of the molecule is CCCCCCOc1cc[c]c(-c2ccccc2OC(C)C)c1. The van der Waals surface area contributed by atoms with E-state index in [0.29, 0.717) is 0 Å². The first-order chi connectivity index (χ1) is 11.2. The summed E-state index contributed by atoms with van der Waals surface area (Å²) < 4.78 is 11.8. The van der Waals surface area contributed by atoms with Crippen LogP contribution in [-0.2, 0) is 0 Å². The van der Waals surface area contributed by atoms with Crippen LogP contribution in [0.5, 0.6) is 11.5 Å². The third kappa shape index (κ3) is 5.63. The van der Waals surface area contributed by atoms with Crippen molar-refractivity contribution >= 4 is 0 Å². The van der Waals surface area contributed by atoms with Crippen LogP contribution in [0.1, 0.15) is 46.5 Å². The molecule has 0 N–H and O–H groups in total. The number of benzene rings is 2. The van der Waals surface area contributed by atoms with Crippen molar-refractivity contribution < 1.29 is 9.47 Å². The van der Waals surface area contributed by atoms with Gasteiger partial charge in [-0.3, -0.25) is 0 Å². The molecule has 0 spiro atoms. The maximum absolute atomic E-state index is 5.90. The van der Waals surface area contributed by atoms with Gasteiger partial charge in [-0.2, -0.15) is 0 Å². The Balaban J connectivity index is 2.07. The quantitative estimate of drug-likeness (QED) is 0.537. The van der Waals surface area contributed by atoms with E-state index in [1.807, 2.05) is 50.2 Å². The van der Waals surface area contributed by atoms with E-state index < -0.39 is 0 Å². The van der Waals surface area contributed by atoms with Crippen LogP contribution in [0.15, 0.2) is 42.5 Å². The van der Waals surface area contributed by atoms with Crippen LogP contribution < -0.4 is 9.47 Å². The summed E-state index contributed by atoms with van der Waals surface area (Å²) in [5, 5.41) is 0. The summed E-state index contributed by atoms with van der Waals surface area (Å²) >= 11 is 0. The van der Waals surface area contributed by atoms with Gasteiger partial charge in [0.1, 0.15) is 11.5 Å². The molecule has 2 heteroatoms. The van der Waals surface area contributed by atoms with E-state index in [0.717, 1.165) is 35.7 Å². The first-order valence-corrected chi connectivity index (χ1v) is 8.61. The molecule has 0 unspecified atom stereocenters. The Morgan fingerprint density at radius 1 is 1.04 bits per heavy atom. The van der Waals surface area contributed by atoms with Crippen LogP contribution >= 0.6 is 0 Å². The summed E-state index contributed by atoms with van der Waals surface area (Å²) in [6.07, 6.45) is 5.00. The van der Waals surface area contributed by atoms with Crippen LogP contribution in [-0.4, -0.2) is 12.7 Å². The van der Waals surface area contributed by atoms with Gasteiger partial charge in [0, 0.05) is 5.56 Å². The average Bonchev–Trinajstić information content (AvgIpc) is 2.55. The van der Waals surface area contributed by atoms with Crippen molar-refractivity contribution in [3.63, 3.8) is 0 Å². The third-order valence-electron chi connectivity index (χ3n) is 3.58. The smallest absolute Gasteiger partial charge is 0.127 e. The van der Waals surface area contributed by atoms with E-state index in [9.17, 15) is 0 Å². The molecule has 0 aliphatic heterocycles. The van der Waals surface area contributed by atoms with Gasteiger partial charge in [0.15, 0.2) is 0 Å². The lowest BCUT2D eigenvalue weighted by atomic mass is 10.0. The van der Waals surface area contributed by atoms with E-state index in [4.69, 9.17) is 9.47 Å². The van der Waals surface area contributed by atoms with E-state index in [1.165, 1.54) is 19.3 Å². The van der Waals surface area contributed by atoms with Gasteiger partial charge in [0.25, 0.3) is 0 Å². The van der Waals surface area contributed by atoms with Gasteiger partial charge in [-0.15, -0.1) is 0 Å². The van der Waals surface area contributed by atoms with Gasteiger partial charge in [0.05, 0.1) is 12.7 Å². The highest BCUT2D eigenvalue weighted by molar-refractivity contribution is 5.71. The normalized spacial score (nSPS) is 10.8. The summed E-state index contributed by atoms with van der Waals surface area (Å²) in [6, 6.07) is 17.3.